The molecule has 0 saturated heterocycles. The Morgan fingerprint density at radius 3 is 2.68 bits per heavy atom. The number of likely N-dealkylation sites (N-methyl/N-ethyl adjacent to an activating group) is 1. The molecule has 1 aromatic rings. The number of nitriles is 1. The van der Waals surface area contributed by atoms with Crippen molar-refractivity contribution in [3.8, 4) is 6.07 Å². The van der Waals surface area contributed by atoms with Crippen LogP contribution in [-0.4, -0.2) is 23.4 Å². The second-order valence-corrected chi connectivity index (χ2v) is 4.93. The fourth-order valence-electron chi connectivity index (χ4n) is 1.80. The van der Waals surface area contributed by atoms with E-state index in [2.05, 4.69) is 6.07 Å². The molecule has 1 aromatic carbocycles. The molecule has 19 heavy (non-hydrogen) atoms. The summed E-state index contributed by atoms with van der Waals surface area (Å²) in [6.07, 6.45) is 0. The van der Waals surface area contributed by atoms with Crippen LogP contribution in [-0.2, 0) is 11.3 Å². The second kappa shape index (κ2) is 6.91. The zero-order valence-corrected chi connectivity index (χ0v) is 11.8. The van der Waals surface area contributed by atoms with Crippen LogP contribution in [0.5, 0.6) is 0 Å². The summed E-state index contributed by atoms with van der Waals surface area (Å²) < 4.78 is 0. The number of amides is 1. The molecule has 102 valence electrons. The highest BCUT2D eigenvalue weighted by Crippen LogP contribution is 2.10. The Bertz CT molecular complexity index is 477. The number of benzene rings is 1. The average molecular weight is 259 g/mol. The van der Waals surface area contributed by atoms with Crippen molar-refractivity contribution in [2.24, 2.45) is 11.7 Å². The Morgan fingerprint density at radius 1 is 1.47 bits per heavy atom. The molecular weight excluding hydrogens is 238 g/mol. The van der Waals surface area contributed by atoms with Gasteiger partial charge in [-0.3, -0.25) is 4.79 Å². The Labute approximate surface area is 114 Å². The van der Waals surface area contributed by atoms with E-state index in [9.17, 15) is 4.79 Å². The maximum absolute atomic E-state index is 12.2. The van der Waals surface area contributed by atoms with Gasteiger partial charge in [-0.25, -0.2) is 0 Å². The summed E-state index contributed by atoms with van der Waals surface area (Å²) >= 11 is 0. The molecule has 0 spiro atoms. The van der Waals surface area contributed by atoms with Crippen molar-refractivity contribution in [1.29, 1.82) is 5.26 Å². The normalized spacial score (nSPS) is 12.0. The van der Waals surface area contributed by atoms with Gasteiger partial charge in [0, 0.05) is 13.1 Å². The Kier molecular flexibility index (Phi) is 5.53. The molecule has 0 fully saturated rings. The summed E-state index contributed by atoms with van der Waals surface area (Å²) in [6, 6.07) is 8.92. The summed E-state index contributed by atoms with van der Waals surface area (Å²) in [5.41, 5.74) is 7.46. The van der Waals surface area contributed by atoms with Gasteiger partial charge in [0.25, 0.3) is 0 Å². The first kappa shape index (κ1) is 15.2. The maximum atomic E-state index is 12.2. The number of hydrogen-bond donors (Lipinski definition) is 1. The van der Waals surface area contributed by atoms with E-state index in [0.717, 1.165) is 5.56 Å². The monoisotopic (exact) mass is 259 g/mol. The number of rotatable bonds is 5. The van der Waals surface area contributed by atoms with Crippen molar-refractivity contribution in [3.63, 3.8) is 0 Å². The molecule has 1 unspecified atom stereocenters. The van der Waals surface area contributed by atoms with Gasteiger partial charge in [0.15, 0.2) is 0 Å². The van der Waals surface area contributed by atoms with Crippen LogP contribution in [0.4, 0.5) is 0 Å². The van der Waals surface area contributed by atoms with Crippen molar-refractivity contribution in [3.05, 3.63) is 35.4 Å². The molecule has 0 aliphatic carbocycles. The number of nitrogens with two attached hydrogens (primary N) is 1. The number of nitrogens with zero attached hydrogens (tertiary/aromatic N) is 2. The third-order valence-electron chi connectivity index (χ3n) is 3.13. The molecule has 1 amide bonds. The Balaban J connectivity index is 2.82. The zero-order chi connectivity index (χ0) is 14.4. The fourth-order valence-corrected chi connectivity index (χ4v) is 1.80. The highest BCUT2D eigenvalue weighted by atomic mass is 16.2. The van der Waals surface area contributed by atoms with Gasteiger partial charge >= 0.3 is 0 Å². The minimum atomic E-state index is -0.473. The summed E-state index contributed by atoms with van der Waals surface area (Å²) in [7, 11) is 0. The number of carbonyl (C=O) groups is 1. The first-order valence-electron chi connectivity index (χ1n) is 6.53. The maximum Gasteiger partial charge on any atom is 0.240 e. The van der Waals surface area contributed by atoms with Gasteiger partial charge in [0.1, 0.15) is 0 Å². The lowest BCUT2D eigenvalue weighted by atomic mass is 10.0. The molecular formula is C15H21N3O. The van der Waals surface area contributed by atoms with Gasteiger partial charge < -0.3 is 10.6 Å². The number of hydrogen-bond acceptors (Lipinski definition) is 3. The van der Waals surface area contributed by atoms with Crippen molar-refractivity contribution in [2.45, 2.75) is 33.4 Å². The molecule has 4 heteroatoms. The third kappa shape index (κ3) is 4.08. The largest absolute Gasteiger partial charge is 0.337 e. The first-order chi connectivity index (χ1) is 8.99. The van der Waals surface area contributed by atoms with E-state index in [0.29, 0.717) is 18.7 Å². The smallest absolute Gasteiger partial charge is 0.240 e. The average Bonchev–Trinajstić information content (AvgIpc) is 2.43. The van der Waals surface area contributed by atoms with Crippen LogP contribution in [0.2, 0.25) is 0 Å². The molecule has 2 N–H and O–H groups in total. The SMILES string of the molecule is CCN(Cc1cccc(C#N)c1)C(=O)C(N)C(C)C. The van der Waals surface area contributed by atoms with Crippen LogP contribution in [0.3, 0.4) is 0 Å². The topological polar surface area (TPSA) is 70.1 Å². The lowest BCUT2D eigenvalue weighted by Crippen LogP contribution is -2.46. The Morgan fingerprint density at radius 2 is 2.16 bits per heavy atom. The molecule has 0 aliphatic heterocycles. The lowest BCUT2D eigenvalue weighted by Gasteiger charge is -2.26. The van der Waals surface area contributed by atoms with Crippen molar-refractivity contribution in [1.82, 2.24) is 4.90 Å². The highest BCUT2D eigenvalue weighted by molar-refractivity contribution is 5.81. The molecule has 0 saturated carbocycles. The van der Waals surface area contributed by atoms with Crippen molar-refractivity contribution in [2.75, 3.05) is 6.54 Å². The predicted molar refractivity (Wildman–Crippen MR) is 75.1 cm³/mol. The molecule has 1 rings (SSSR count). The van der Waals surface area contributed by atoms with Crippen molar-refractivity contribution >= 4 is 5.91 Å². The minimum Gasteiger partial charge on any atom is -0.337 e. The standard InChI is InChI=1S/C15H21N3O/c1-4-18(15(19)14(17)11(2)3)10-13-7-5-6-12(8-13)9-16/h5-8,11,14H,4,10,17H2,1-3H3. The molecule has 1 atom stereocenters. The second-order valence-electron chi connectivity index (χ2n) is 4.93. The predicted octanol–water partition coefficient (Wildman–Crippen LogP) is 1.89. The fraction of sp³-hybridized carbons (Fsp3) is 0.467. The van der Waals surface area contributed by atoms with E-state index in [1.807, 2.05) is 32.9 Å². The zero-order valence-electron chi connectivity index (χ0n) is 11.8. The van der Waals surface area contributed by atoms with Crippen LogP contribution in [0.1, 0.15) is 31.9 Å². The summed E-state index contributed by atoms with van der Waals surface area (Å²) in [6.45, 7) is 6.90. The molecule has 4 nitrogen and oxygen atoms in total. The lowest BCUT2D eigenvalue weighted by molar-refractivity contribution is -0.134. The van der Waals surface area contributed by atoms with E-state index in [1.54, 1.807) is 17.0 Å². The van der Waals surface area contributed by atoms with E-state index in [-0.39, 0.29) is 11.8 Å². The van der Waals surface area contributed by atoms with Gasteiger partial charge in [-0.2, -0.15) is 5.26 Å². The molecule has 0 aromatic heterocycles. The van der Waals surface area contributed by atoms with Gasteiger partial charge in [0.05, 0.1) is 17.7 Å². The van der Waals surface area contributed by atoms with Crippen LogP contribution in [0.15, 0.2) is 24.3 Å². The van der Waals surface area contributed by atoms with Crippen LogP contribution < -0.4 is 5.73 Å². The first-order valence-corrected chi connectivity index (χ1v) is 6.53. The van der Waals surface area contributed by atoms with E-state index >= 15 is 0 Å². The summed E-state index contributed by atoms with van der Waals surface area (Å²) in [5, 5.41) is 8.87. The van der Waals surface area contributed by atoms with E-state index in [1.165, 1.54) is 0 Å². The highest BCUT2D eigenvalue weighted by Gasteiger charge is 2.22. The minimum absolute atomic E-state index is 0.0418. The Hall–Kier alpha value is -1.86. The van der Waals surface area contributed by atoms with E-state index in [4.69, 9.17) is 11.0 Å². The van der Waals surface area contributed by atoms with Gasteiger partial charge in [0.2, 0.25) is 5.91 Å². The summed E-state index contributed by atoms with van der Waals surface area (Å²) in [4.78, 5) is 13.9. The molecule has 0 bridgehead atoms. The molecule has 0 heterocycles. The molecule has 0 radical (unpaired) electrons. The van der Waals surface area contributed by atoms with Crippen molar-refractivity contribution < 1.29 is 4.79 Å². The van der Waals surface area contributed by atoms with Crippen LogP contribution in [0.25, 0.3) is 0 Å². The van der Waals surface area contributed by atoms with Crippen LogP contribution >= 0.6 is 0 Å². The van der Waals surface area contributed by atoms with Crippen LogP contribution in [0, 0.1) is 17.2 Å². The van der Waals surface area contributed by atoms with Gasteiger partial charge in [-0.15, -0.1) is 0 Å². The summed E-state index contributed by atoms with van der Waals surface area (Å²) in [5.74, 6) is 0.0758. The van der Waals surface area contributed by atoms with E-state index < -0.39 is 6.04 Å². The number of carbonyl (C=O) groups excluding carboxylic acids is 1. The van der Waals surface area contributed by atoms with Gasteiger partial charge in [-0.05, 0) is 30.5 Å². The third-order valence-corrected chi connectivity index (χ3v) is 3.13. The van der Waals surface area contributed by atoms with Gasteiger partial charge in [-0.1, -0.05) is 26.0 Å². The quantitative estimate of drug-likeness (QED) is 0.877. The molecule has 0 aliphatic rings.